The number of carbonyl (C=O) groups is 2. The summed E-state index contributed by atoms with van der Waals surface area (Å²) in [5, 5.41) is 10.1. The highest BCUT2D eigenvalue weighted by molar-refractivity contribution is 5.97. The van der Waals surface area contributed by atoms with Gasteiger partial charge in [-0.3, -0.25) is 9.59 Å². The van der Waals surface area contributed by atoms with E-state index in [1.165, 1.54) is 6.07 Å². The molecule has 1 saturated carbocycles. The van der Waals surface area contributed by atoms with Crippen LogP contribution in [-0.4, -0.2) is 59.0 Å². The fourth-order valence-electron chi connectivity index (χ4n) is 2.95. The molecular weight excluding hydrogens is 337 g/mol. The van der Waals surface area contributed by atoms with Crippen LogP contribution in [-0.2, 0) is 11.0 Å². The predicted molar refractivity (Wildman–Crippen MR) is 82.7 cm³/mol. The molecule has 2 aliphatic rings. The van der Waals surface area contributed by atoms with Crippen molar-refractivity contribution in [3.63, 3.8) is 0 Å². The van der Waals surface area contributed by atoms with Gasteiger partial charge >= 0.3 is 6.18 Å². The average Bonchev–Trinajstić information content (AvgIpc) is 3.36. The summed E-state index contributed by atoms with van der Waals surface area (Å²) in [6, 6.07) is 4.09. The summed E-state index contributed by atoms with van der Waals surface area (Å²) in [6.45, 7) is 0.379. The number of rotatable bonds is 3. The smallest absolute Gasteiger partial charge is 0.389 e. The minimum Gasteiger partial charge on any atom is -0.389 e. The molecule has 1 unspecified atom stereocenters. The van der Waals surface area contributed by atoms with E-state index in [9.17, 15) is 27.9 Å². The minimum atomic E-state index is -4.55. The van der Waals surface area contributed by atoms with Crippen molar-refractivity contribution in [3.8, 4) is 0 Å². The standard InChI is InChI=1S/C17H19F3N2O3/c18-17(19,20)13-3-1-2-12(6-13)16(25)22-9-14(23)8-21(15(24)10-22)7-11-4-5-11/h1-3,6,11,14,23H,4-5,7-10H2. The Labute approximate surface area is 143 Å². The summed E-state index contributed by atoms with van der Waals surface area (Å²) in [6.07, 6.45) is -3.37. The van der Waals surface area contributed by atoms with Crippen LogP contribution < -0.4 is 0 Å². The molecule has 0 spiro atoms. The number of aliphatic hydroxyl groups excluding tert-OH is 1. The van der Waals surface area contributed by atoms with E-state index in [0.717, 1.165) is 35.9 Å². The Morgan fingerprint density at radius 1 is 1.24 bits per heavy atom. The Kier molecular flexibility index (Phi) is 4.73. The largest absolute Gasteiger partial charge is 0.416 e. The zero-order chi connectivity index (χ0) is 18.2. The Morgan fingerprint density at radius 2 is 1.96 bits per heavy atom. The second-order valence-corrected chi connectivity index (χ2v) is 6.66. The summed E-state index contributed by atoms with van der Waals surface area (Å²) < 4.78 is 38.4. The van der Waals surface area contributed by atoms with Gasteiger partial charge in [-0.25, -0.2) is 0 Å². The fraction of sp³-hybridized carbons (Fsp3) is 0.529. The number of amides is 2. The molecule has 5 nitrogen and oxygen atoms in total. The van der Waals surface area contributed by atoms with Gasteiger partial charge in [0.15, 0.2) is 0 Å². The molecule has 1 N–H and O–H groups in total. The summed E-state index contributed by atoms with van der Waals surface area (Å²) in [5.74, 6) is -0.530. The van der Waals surface area contributed by atoms with Crippen molar-refractivity contribution in [3.05, 3.63) is 35.4 Å². The maximum Gasteiger partial charge on any atom is 0.416 e. The van der Waals surface area contributed by atoms with Gasteiger partial charge in [-0.05, 0) is 37.0 Å². The average molecular weight is 356 g/mol. The highest BCUT2D eigenvalue weighted by Gasteiger charge is 2.35. The highest BCUT2D eigenvalue weighted by atomic mass is 19.4. The first-order chi connectivity index (χ1) is 11.7. The van der Waals surface area contributed by atoms with Gasteiger partial charge in [-0.15, -0.1) is 0 Å². The van der Waals surface area contributed by atoms with Crippen molar-refractivity contribution < 1.29 is 27.9 Å². The molecule has 1 aromatic carbocycles. The Morgan fingerprint density at radius 3 is 2.60 bits per heavy atom. The van der Waals surface area contributed by atoms with Crippen LogP contribution in [0.4, 0.5) is 13.2 Å². The van der Waals surface area contributed by atoms with E-state index in [1.807, 2.05) is 0 Å². The minimum absolute atomic E-state index is 0.0814. The number of carbonyl (C=O) groups excluding carboxylic acids is 2. The lowest BCUT2D eigenvalue weighted by molar-refractivity contribution is -0.137. The van der Waals surface area contributed by atoms with Gasteiger partial charge in [-0.2, -0.15) is 13.2 Å². The SMILES string of the molecule is O=C1CN(C(=O)c2cccc(C(F)(F)F)c2)CC(O)CN1CC1CC1. The van der Waals surface area contributed by atoms with Crippen molar-refractivity contribution in [1.29, 1.82) is 0 Å². The number of alkyl halides is 3. The first kappa shape index (κ1) is 17.7. The molecule has 8 heteroatoms. The Hall–Kier alpha value is -2.09. The van der Waals surface area contributed by atoms with Gasteiger partial charge in [0, 0.05) is 25.2 Å². The van der Waals surface area contributed by atoms with Crippen LogP contribution >= 0.6 is 0 Å². The molecule has 2 fully saturated rings. The van der Waals surface area contributed by atoms with Crippen molar-refractivity contribution in [2.45, 2.75) is 25.1 Å². The molecule has 1 aliphatic carbocycles. The number of β-amino-alcohol motifs (C(OH)–C–C–N with tert-alkyl or cyclic N) is 1. The fourth-order valence-corrected chi connectivity index (χ4v) is 2.95. The summed E-state index contributed by atoms with van der Waals surface area (Å²) in [5.41, 5.74) is -1.07. The number of aliphatic hydroxyl groups is 1. The number of halogens is 3. The normalized spacial score (nSPS) is 22.1. The van der Waals surface area contributed by atoms with Crippen LogP contribution in [0.25, 0.3) is 0 Å². The molecule has 1 heterocycles. The number of hydrogen-bond acceptors (Lipinski definition) is 3. The van der Waals surface area contributed by atoms with Gasteiger partial charge in [-0.1, -0.05) is 6.07 Å². The summed E-state index contributed by atoms with van der Waals surface area (Å²) in [4.78, 5) is 27.5. The number of hydrogen-bond donors (Lipinski definition) is 1. The van der Waals surface area contributed by atoms with E-state index < -0.39 is 23.8 Å². The molecule has 3 rings (SSSR count). The van der Waals surface area contributed by atoms with Gasteiger partial charge < -0.3 is 14.9 Å². The van der Waals surface area contributed by atoms with Gasteiger partial charge in [0.1, 0.15) is 6.54 Å². The Bertz CT molecular complexity index is 673. The van der Waals surface area contributed by atoms with Gasteiger partial charge in [0.25, 0.3) is 5.91 Å². The summed E-state index contributed by atoms with van der Waals surface area (Å²) >= 11 is 0. The molecule has 1 saturated heterocycles. The maximum absolute atomic E-state index is 12.8. The van der Waals surface area contributed by atoms with Crippen molar-refractivity contribution in [1.82, 2.24) is 9.80 Å². The molecule has 2 amide bonds. The van der Waals surface area contributed by atoms with Crippen LogP contribution in [0.5, 0.6) is 0 Å². The molecule has 1 atom stereocenters. The third kappa shape index (κ3) is 4.31. The van der Waals surface area contributed by atoms with Crippen LogP contribution in [0.3, 0.4) is 0 Å². The van der Waals surface area contributed by atoms with E-state index >= 15 is 0 Å². The molecule has 25 heavy (non-hydrogen) atoms. The van der Waals surface area contributed by atoms with Crippen LogP contribution in [0.2, 0.25) is 0 Å². The maximum atomic E-state index is 12.8. The first-order valence-electron chi connectivity index (χ1n) is 8.16. The molecule has 0 bridgehead atoms. The lowest BCUT2D eigenvalue weighted by atomic mass is 10.1. The predicted octanol–water partition coefficient (Wildman–Crippen LogP) is 1.76. The zero-order valence-electron chi connectivity index (χ0n) is 13.5. The van der Waals surface area contributed by atoms with E-state index in [4.69, 9.17) is 0 Å². The van der Waals surface area contributed by atoms with Crippen molar-refractivity contribution in [2.24, 2.45) is 5.92 Å². The third-order valence-electron chi connectivity index (χ3n) is 4.44. The second-order valence-electron chi connectivity index (χ2n) is 6.66. The molecule has 0 radical (unpaired) electrons. The topological polar surface area (TPSA) is 60.9 Å². The van der Waals surface area contributed by atoms with Crippen molar-refractivity contribution >= 4 is 11.8 Å². The van der Waals surface area contributed by atoms with E-state index in [-0.39, 0.29) is 31.1 Å². The Balaban J connectivity index is 1.76. The molecular formula is C17H19F3N2O3. The van der Waals surface area contributed by atoms with E-state index in [2.05, 4.69) is 0 Å². The number of benzene rings is 1. The van der Waals surface area contributed by atoms with E-state index in [1.54, 1.807) is 4.90 Å². The van der Waals surface area contributed by atoms with Crippen LogP contribution in [0.15, 0.2) is 24.3 Å². The molecule has 136 valence electrons. The van der Waals surface area contributed by atoms with Crippen LogP contribution in [0, 0.1) is 5.92 Å². The lowest BCUT2D eigenvalue weighted by Crippen LogP contribution is -2.40. The second kappa shape index (κ2) is 6.67. The first-order valence-corrected chi connectivity index (χ1v) is 8.16. The van der Waals surface area contributed by atoms with Crippen molar-refractivity contribution in [2.75, 3.05) is 26.2 Å². The quantitative estimate of drug-likeness (QED) is 0.898. The lowest BCUT2D eigenvalue weighted by Gasteiger charge is -2.21. The molecule has 0 aromatic heterocycles. The van der Waals surface area contributed by atoms with Gasteiger partial charge in [0.2, 0.25) is 5.91 Å². The zero-order valence-corrected chi connectivity index (χ0v) is 13.5. The van der Waals surface area contributed by atoms with E-state index in [0.29, 0.717) is 12.5 Å². The molecule has 1 aliphatic heterocycles. The third-order valence-corrected chi connectivity index (χ3v) is 4.44. The van der Waals surface area contributed by atoms with Gasteiger partial charge in [0.05, 0.1) is 11.7 Å². The number of nitrogens with zero attached hydrogens (tertiary/aromatic N) is 2. The van der Waals surface area contributed by atoms with Crippen LogP contribution in [0.1, 0.15) is 28.8 Å². The summed E-state index contributed by atoms with van der Waals surface area (Å²) in [7, 11) is 0. The highest BCUT2D eigenvalue weighted by Crippen LogP contribution is 2.31. The monoisotopic (exact) mass is 356 g/mol. The molecule has 1 aromatic rings.